The number of aryl methyl sites for hydroxylation is 1. The van der Waals surface area contributed by atoms with E-state index in [0.29, 0.717) is 16.4 Å². The topological polar surface area (TPSA) is 17.8 Å². The number of hydrogen-bond donors (Lipinski definition) is 0. The monoisotopic (exact) mass is 358 g/mol. The second-order valence-electron chi connectivity index (χ2n) is 5.44. The van der Waals surface area contributed by atoms with Crippen molar-refractivity contribution < 1.29 is 4.39 Å². The Kier molecular flexibility index (Phi) is 4.04. The molecule has 1 fully saturated rings. The molecular formula is C15H17BrClFN2. The summed E-state index contributed by atoms with van der Waals surface area (Å²) in [5.41, 5.74) is 1.75. The molecule has 0 saturated heterocycles. The third-order valence-corrected chi connectivity index (χ3v) is 4.80. The predicted molar refractivity (Wildman–Crippen MR) is 83.9 cm³/mol. The number of hydrogen-bond acceptors (Lipinski definition) is 1. The first kappa shape index (κ1) is 14.3. The summed E-state index contributed by atoms with van der Waals surface area (Å²) in [5.74, 6) is 1.99. The molecule has 1 aliphatic carbocycles. The number of aromatic nitrogens is 2. The zero-order valence-corrected chi connectivity index (χ0v) is 13.7. The molecular weight excluding hydrogens is 343 g/mol. The van der Waals surface area contributed by atoms with Gasteiger partial charge in [0, 0.05) is 24.4 Å². The molecule has 1 aliphatic rings. The maximum atomic E-state index is 13.7. The summed E-state index contributed by atoms with van der Waals surface area (Å²) < 4.78 is 16.4. The Morgan fingerprint density at radius 3 is 3.00 bits per heavy atom. The molecule has 1 aromatic heterocycles. The van der Waals surface area contributed by atoms with Crippen LogP contribution in [0, 0.1) is 11.7 Å². The third-order valence-electron chi connectivity index (χ3n) is 4.00. The van der Waals surface area contributed by atoms with Crippen LogP contribution < -0.4 is 0 Å². The minimum absolute atomic E-state index is 0.263. The standard InChI is InChI=1S/C15H17BrClFN2/c1-2-3-9-6-13(9)20-14-7-10(16)11(18)8-12(14)19-15(20)4-5-17/h7-9,13H,2-6H2,1H3. The average Bonchev–Trinajstić information content (AvgIpc) is 3.07. The second-order valence-corrected chi connectivity index (χ2v) is 6.68. The lowest BCUT2D eigenvalue weighted by Crippen LogP contribution is -2.04. The lowest BCUT2D eigenvalue weighted by atomic mass is 10.2. The first-order chi connectivity index (χ1) is 9.65. The van der Waals surface area contributed by atoms with Crippen molar-refractivity contribution in [3.05, 3.63) is 28.2 Å². The van der Waals surface area contributed by atoms with Gasteiger partial charge in [-0.25, -0.2) is 9.37 Å². The van der Waals surface area contributed by atoms with Gasteiger partial charge in [-0.3, -0.25) is 0 Å². The van der Waals surface area contributed by atoms with Crippen LogP contribution >= 0.6 is 27.5 Å². The van der Waals surface area contributed by atoms with Gasteiger partial charge >= 0.3 is 0 Å². The molecule has 0 radical (unpaired) electrons. The van der Waals surface area contributed by atoms with E-state index in [1.807, 2.05) is 6.07 Å². The lowest BCUT2D eigenvalue weighted by molar-refractivity contribution is 0.600. The van der Waals surface area contributed by atoms with E-state index < -0.39 is 0 Å². The molecule has 2 aromatic rings. The van der Waals surface area contributed by atoms with Crippen LogP contribution in [0.25, 0.3) is 11.0 Å². The van der Waals surface area contributed by atoms with E-state index in [9.17, 15) is 4.39 Å². The zero-order chi connectivity index (χ0) is 14.3. The van der Waals surface area contributed by atoms with Gasteiger partial charge in [-0.05, 0) is 40.8 Å². The molecule has 0 amide bonds. The Hall–Kier alpha value is -0.610. The van der Waals surface area contributed by atoms with Crippen molar-refractivity contribution in [2.24, 2.45) is 5.92 Å². The summed E-state index contributed by atoms with van der Waals surface area (Å²) >= 11 is 9.16. The molecule has 0 aliphatic heterocycles. The van der Waals surface area contributed by atoms with Crippen molar-refractivity contribution in [2.75, 3.05) is 5.88 Å². The van der Waals surface area contributed by atoms with Crippen LogP contribution in [0.1, 0.15) is 38.1 Å². The maximum absolute atomic E-state index is 13.7. The fraction of sp³-hybridized carbons (Fsp3) is 0.533. The Balaban J connectivity index is 2.07. The van der Waals surface area contributed by atoms with Gasteiger partial charge in [-0.15, -0.1) is 11.6 Å². The predicted octanol–water partition coefficient (Wildman–Crippen LogP) is 5.08. The van der Waals surface area contributed by atoms with Crippen LogP contribution in [-0.4, -0.2) is 15.4 Å². The van der Waals surface area contributed by atoms with Gasteiger partial charge in [0.1, 0.15) is 11.6 Å². The normalized spacial score (nSPS) is 21.6. The first-order valence-corrected chi connectivity index (χ1v) is 8.40. The van der Waals surface area contributed by atoms with Gasteiger partial charge in [0.15, 0.2) is 0 Å². The summed E-state index contributed by atoms with van der Waals surface area (Å²) in [6.45, 7) is 2.22. The van der Waals surface area contributed by atoms with E-state index in [1.54, 1.807) is 0 Å². The fourth-order valence-corrected chi connectivity index (χ4v) is 3.50. The summed E-state index contributed by atoms with van der Waals surface area (Å²) in [4.78, 5) is 4.58. The number of fused-ring (bicyclic) bond motifs is 1. The summed E-state index contributed by atoms with van der Waals surface area (Å²) in [6, 6.07) is 3.86. The van der Waals surface area contributed by atoms with Crippen LogP contribution in [-0.2, 0) is 6.42 Å². The van der Waals surface area contributed by atoms with Crippen LogP contribution in [0.15, 0.2) is 16.6 Å². The van der Waals surface area contributed by atoms with Crippen molar-refractivity contribution in [3.8, 4) is 0 Å². The van der Waals surface area contributed by atoms with Crippen molar-refractivity contribution >= 4 is 38.6 Å². The van der Waals surface area contributed by atoms with E-state index in [2.05, 4.69) is 32.4 Å². The van der Waals surface area contributed by atoms with Crippen LogP contribution in [0.3, 0.4) is 0 Å². The molecule has 2 atom stereocenters. The molecule has 2 nitrogen and oxygen atoms in total. The number of halogens is 3. The minimum atomic E-state index is -0.263. The minimum Gasteiger partial charge on any atom is -0.324 e. The number of rotatable bonds is 5. The molecule has 0 spiro atoms. The van der Waals surface area contributed by atoms with Crippen molar-refractivity contribution in [1.29, 1.82) is 0 Å². The van der Waals surface area contributed by atoms with Crippen molar-refractivity contribution in [3.63, 3.8) is 0 Å². The third kappa shape index (κ3) is 2.48. The van der Waals surface area contributed by atoms with Gasteiger partial charge in [0.05, 0.1) is 15.5 Å². The number of imidazole rings is 1. The quantitative estimate of drug-likeness (QED) is 0.681. The number of nitrogens with zero attached hydrogens (tertiary/aromatic N) is 2. The molecule has 5 heteroatoms. The zero-order valence-electron chi connectivity index (χ0n) is 11.4. The molecule has 108 valence electrons. The Bertz CT molecular complexity index is 640. The van der Waals surface area contributed by atoms with Crippen LogP contribution in [0.5, 0.6) is 0 Å². The molecule has 20 heavy (non-hydrogen) atoms. The van der Waals surface area contributed by atoms with E-state index in [4.69, 9.17) is 11.6 Å². The molecule has 3 rings (SSSR count). The van der Waals surface area contributed by atoms with E-state index >= 15 is 0 Å². The molecule has 0 N–H and O–H groups in total. The van der Waals surface area contributed by atoms with Gasteiger partial charge in [0.2, 0.25) is 0 Å². The van der Waals surface area contributed by atoms with E-state index in [0.717, 1.165) is 29.2 Å². The highest BCUT2D eigenvalue weighted by molar-refractivity contribution is 9.10. The Labute approximate surface area is 131 Å². The maximum Gasteiger partial charge on any atom is 0.139 e. The summed E-state index contributed by atoms with van der Waals surface area (Å²) in [7, 11) is 0. The summed E-state index contributed by atoms with van der Waals surface area (Å²) in [6.07, 6.45) is 4.37. The number of alkyl halides is 1. The molecule has 1 saturated carbocycles. The molecule has 2 unspecified atom stereocenters. The van der Waals surface area contributed by atoms with Gasteiger partial charge in [0.25, 0.3) is 0 Å². The Morgan fingerprint density at radius 1 is 1.50 bits per heavy atom. The van der Waals surface area contributed by atoms with E-state index in [-0.39, 0.29) is 5.82 Å². The van der Waals surface area contributed by atoms with Gasteiger partial charge in [-0.2, -0.15) is 0 Å². The van der Waals surface area contributed by atoms with Gasteiger partial charge < -0.3 is 4.57 Å². The molecule has 1 aromatic carbocycles. The summed E-state index contributed by atoms with van der Waals surface area (Å²) in [5, 5.41) is 0. The fourth-order valence-electron chi connectivity index (χ4n) is 3.00. The van der Waals surface area contributed by atoms with Gasteiger partial charge in [-0.1, -0.05) is 13.3 Å². The van der Waals surface area contributed by atoms with E-state index in [1.165, 1.54) is 25.3 Å². The highest BCUT2D eigenvalue weighted by Crippen LogP contribution is 2.48. The van der Waals surface area contributed by atoms with Crippen LogP contribution in [0.2, 0.25) is 0 Å². The SMILES string of the molecule is CCCC1CC1n1c(CCCl)nc2cc(F)c(Br)cc21. The first-order valence-electron chi connectivity index (χ1n) is 7.07. The van der Waals surface area contributed by atoms with Crippen molar-refractivity contribution in [1.82, 2.24) is 9.55 Å². The lowest BCUT2D eigenvalue weighted by Gasteiger charge is -2.08. The Morgan fingerprint density at radius 2 is 2.30 bits per heavy atom. The highest BCUT2D eigenvalue weighted by atomic mass is 79.9. The highest BCUT2D eigenvalue weighted by Gasteiger charge is 2.39. The largest absolute Gasteiger partial charge is 0.324 e. The van der Waals surface area contributed by atoms with Crippen LogP contribution in [0.4, 0.5) is 4.39 Å². The average molecular weight is 360 g/mol. The second kappa shape index (κ2) is 5.64. The number of benzene rings is 1. The molecule has 0 bridgehead atoms. The molecule has 1 heterocycles. The van der Waals surface area contributed by atoms with Crippen molar-refractivity contribution in [2.45, 2.75) is 38.6 Å². The smallest absolute Gasteiger partial charge is 0.139 e.